The van der Waals surface area contributed by atoms with Crippen molar-refractivity contribution in [3.8, 4) is 0 Å². The summed E-state index contributed by atoms with van der Waals surface area (Å²) in [7, 11) is 0. The second-order valence-corrected chi connectivity index (χ2v) is 3.26. The first-order valence-electron chi connectivity index (χ1n) is 4.64. The molecule has 0 fully saturated rings. The number of aromatic amines is 1. The van der Waals surface area contributed by atoms with Gasteiger partial charge in [-0.15, -0.1) is 0 Å². The van der Waals surface area contributed by atoms with Crippen molar-refractivity contribution in [2.24, 2.45) is 0 Å². The minimum Gasteiger partial charge on any atom is -0.361 e. The minimum absolute atomic E-state index is 1.20. The van der Waals surface area contributed by atoms with Gasteiger partial charge in [-0.25, -0.2) is 0 Å². The van der Waals surface area contributed by atoms with Gasteiger partial charge in [0.25, 0.3) is 0 Å². The lowest BCUT2D eigenvalue weighted by atomic mass is 10.2. The molecular weight excluding hydrogens is 158 g/mol. The SMILES string of the molecule is C\C=C(C)/C=c1/[nH]cc(C)/c1=C/C. The molecule has 13 heavy (non-hydrogen) atoms. The van der Waals surface area contributed by atoms with Gasteiger partial charge in [-0.05, 0) is 44.6 Å². The molecule has 0 aliphatic carbocycles. The topological polar surface area (TPSA) is 15.8 Å². The Labute approximate surface area is 79.5 Å². The Kier molecular flexibility index (Phi) is 3.13. The summed E-state index contributed by atoms with van der Waals surface area (Å²) in [5.74, 6) is 0. The van der Waals surface area contributed by atoms with E-state index in [1.807, 2.05) is 6.20 Å². The van der Waals surface area contributed by atoms with Crippen LogP contribution in [0.5, 0.6) is 0 Å². The van der Waals surface area contributed by atoms with Gasteiger partial charge < -0.3 is 4.98 Å². The van der Waals surface area contributed by atoms with E-state index >= 15 is 0 Å². The summed E-state index contributed by atoms with van der Waals surface area (Å²) in [5.41, 5.74) is 2.59. The van der Waals surface area contributed by atoms with E-state index in [-0.39, 0.29) is 0 Å². The van der Waals surface area contributed by atoms with Crippen LogP contribution in [0, 0.1) is 6.92 Å². The average molecular weight is 175 g/mol. The smallest absolute Gasteiger partial charge is 0.0455 e. The zero-order chi connectivity index (χ0) is 9.84. The van der Waals surface area contributed by atoms with E-state index < -0.39 is 0 Å². The predicted octanol–water partition coefficient (Wildman–Crippen LogP) is 1.87. The van der Waals surface area contributed by atoms with Crippen LogP contribution in [0.25, 0.3) is 12.2 Å². The molecular formula is C12H17N. The van der Waals surface area contributed by atoms with Crippen LogP contribution < -0.4 is 10.6 Å². The maximum Gasteiger partial charge on any atom is 0.0455 e. The fraction of sp³-hybridized carbons (Fsp3) is 0.333. The van der Waals surface area contributed by atoms with E-state index in [1.165, 1.54) is 21.7 Å². The highest BCUT2D eigenvalue weighted by atomic mass is 14.7. The molecule has 0 saturated heterocycles. The summed E-state index contributed by atoms with van der Waals surface area (Å²) >= 11 is 0. The number of hydrogen-bond donors (Lipinski definition) is 1. The Balaban J connectivity index is 3.40. The Morgan fingerprint density at radius 3 is 2.62 bits per heavy atom. The number of nitrogens with one attached hydrogen (secondary N) is 1. The second-order valence-electron chi connectivity index (χ2n) is 3.26. The molecule has 1 heteroatoms. The van der Waals surface area contributed by atoms with Crippen LogP contribution in [-0.4, -0.2) is 4.98 Å². The van der Waals surface area contributed by atoms with Gasteiger partial charge in [-0.1, -0.05) is 17.7 Å². The third kappa shape index (κ3) is 2.11. The standard InChI is InChI=1S/C12H17N/c1-5-9(3)7-12-11(6-2)10(4)8-13-12/h5-8,13H,1-4H3/b9-5-,11-6-,12-7+. The minimum atomic E-state index is 1.20. The zero-order valence-electron chi connectivity index (χ0n) is 8.81. The number of allylic oxidation sites excluding steroid dienone is 2. The lowest BCUT2D eigenvalue weighted by Gasteiger charge is -1.86. The first-order chi connectivity index (χ1) is 6.19. The molecule has 1 N–H and O–H groups in total. The normalized spacial score (nSPS) is 15.5. The van der Waals surface area contributed by atoms with Gasteiger partial charge in [0.1, 0.15) is 0 Å². The van der Waals surface area contributed by atoms with Gasteiger partial charge in [-0.2, -0.15) is 0 Å². The molecule has 0 spiro atoms. The summed E-state index contributed by atoms with van der Waals surface area (Å²) in [6.07, 6.45) is 8.46. The summed E-state index contributed by atoms with van der Waals surface area (Å²) < 4.78 is 0. The van der Waals surface area contributed by atoms with Crippen LogP contribution in [0.2, 0.25) is 0 Å². The first kappa shape index (κ1) is 9.85. The Bertz CT molecular complexity index is 418. The van der Waals surface area contributed by atoms with Crippen molar-refractivity contribution in [3.05, 3.63) is 34.0 Å². The molecule has 1 heterocycles. The zero-order valence-corrected chi connectivity index (χ0v) is 8.81. The van der Waals surface area contributed by atoms with Gasteiger partial charge in [0.05, 0.1) is 0 Å². The highest BCUT2D eigenvalue weighted by Gasteiger charge is 1.91. The van der Waals surface area contributed by atoms with Crippen LogP contribution in [0.15, 0.2) is 17.8 Å². The van der Waals surface area contributed by atoms with Gasteiger partial charge in [-0.3, -0.25) is 0 Å². The number of H-pyrrole nitrogens is 1. The number of hydrogen-bond acceptors (Lipinski definition) is 0. The Morgan fingerprint density at radius 1 is 1.38 bits per heavy atom. The maximum atomic E-state index is 3.26. The fourth-order valence-corrected chi connectivity index (χ4v) is 1.37. The summed E-state index contributed by atoms with van der Waals surface area (Å²) in [4.78, 5) is 3.26. The molecule has 1 rings (SSSR count). The molecule has 0 bridgehead atoms. The fourth-order valence-electron chi connectivity index (χ4n) is 1.37. The van der Waals surface area contributed by atoms with Crippen LogP contribution in [0.3, 0.4) is 0 Å². The monoisotopic (exact) mass is 175 g/mol. The first-order valence-corrected chi connectivity index (χ1v) is 4.64. The molecule has 1 aromatic rings. The van der Waals surface area contributed by atoms with Crippen LogP contribution in [0.4, 0.5) is 0 Å². The average Bonchev–Trinajstić information content (AvgIpc) is 2.46. The third-order valence-electron chi connectivity index (χ3n) is 2.28. The number of rotatable bonds is 1. The van der Waals surface area contributed by atoms with E-state index in [9.17, 15) is 0 Å². The van der Waals surface area contributed by atoms with Gasteiger partial charge >= 0.3 is 0 Å². The second kappa shape index (κ2) is 4.13. The van der Waals surface area contributed by atoms with Crippen molar-refractivity contribution in [2.75, 3.05) is 0 Å². The largest absolute Gasteiger partial charge is 0.361 e. The summed E-state index contributed by atoms with van der Waals surface area (Å²) in [5, 5.41) is 2.51. The molecule has 70 valence electrons. The van der Waals surface area contributed by atoms with Crippen molar-refractivity contribution in [1.82, 2.24) is 4.98 Å². The van der Waals surface area contributed by atoms with Gasteiger partial charge in [0, 0.05) is 11.5 Å². The summed E-state index contributed by atoms with van der Waals surface area (Å²) in [6, 6.07) is 0. The van der Waals surface area contributed by atoms with Gasteiger partial charge in [0.15, 0.2) is 0 Å². The molecule has 0 saturated carbocycles. The summed E-state index contributed by atoms with van der Waals surface area (Å²) in [6.45, 7) is 8.35. The Hall–Kier alpha value is -1.24. The van der Waals surface area contributed by atoms with E-state index in [0.29, 0.717) is 0 Å². The highest BCUT2D eigenvalue weighted by Crippen LogP contribution is 1.91. The lowest BCUT2D eigenvalue weighted by Crippen LogP contribution is -2.23. The molecule has 1 aromatic heterocycles. The van der Waals surface area contributed by atoms with Crippen molar-refractivity contribution in [1.29, 1.82) is 0 Å². The predicted molar refractivity (Wildman–Crippen MR) is 58.8 cm³/mol. The van der Waals surface area contributed by atoms with Crippen molar-refractivity contribution < 1.29 is 0 Å². The maximum absolute atomic E-state index is 3.26. The van der Waals surface area contributed by atoms with E-state index in [2.05, 4.69) is 50.9 Å². The highest BCUT2D eigenvalue weighted by molar-refractivity contribution is 5.45. The molecule has 0 atom stereocenters. The number of aryl methyl sites for hydroxylation is 1. The van der Waals surface area contributed by atoms with Crippen molar-refractivity contribution >= 4 is 12.2 Å². The van der Waals surface area contributed by atoms with E-state index in [0.717, 1.165) is 0 Å². The molecule has 0 aliphatic heterocycles. The van der Waals surface area contributed by atoms with E-state index in [1.54, 1.807) is 0 Å². The molecule has 0 unspecified atom stereocenters. The van der Waals surface area contributed by atoms with Crippen LogP contribution in [0.1, 0.15) is 26.3 Å². The lowest BCUT2D eigenvalue weighted by molar-refractivity contribution is 1.30. The Morgan fingerprint density at radius 2 is 2.08 bits per heavy atom. The van der Waals surface area contributed by atoms with Crippen LogP contribution in [-0.2, 0) is 0 Å². The van der Waals surface area contributed by atoms with Crippen molar-refractivity contribution in [2.45, 2.75) is 27.7 Å². The molecule has 1 nitrogen and oxygen atoms in total. The van der Waals surface area contributed by atoms with Crippen molar-refractivity contribution in [3.63, 3.8) is 0 Å². The molecule has 0 aliphatic rings. The molecule has 0 amide bonds. The van der Waals surface area contributed by atoms with Crippen LogP contribution >= 0.6 is 0 Å². The van der Waals surface area contributed by atoms with Gasteiger partial charge in [0.2, 0.25) is 0 Å². The number of aromatic nitrogens is 1. The molecule has 0 aromatic carbocycles. The molecule has 0 radical (unpaired) electrons. The third-order valence-corrected chi connectivity index (χ3v) is 2.28. The van der Waals surface area contributed by atoms with E-state index in [4.69, 9.17) is 0 Å². The quantitative estimate of drug-likeness (QED) is 0.670.